The quantitative estimate of drug-likeness (QED) is 0.767. The topological polar surface area (TPSA) is 59.1 Å². The summed E-state index contributed by atoms with van der Waals surface area (Å²) in [6.45, 7) is 9.57. The number of likely N-dealkylation sites (tertiary alicyclic amines) is 1. The van der Waals surface area contributed by atoms with E-state index in [-0.39, 0.29) is 24.0 Å². The van der Waals surface area contributed by atoms with Gasteiger partial charge in [-0.2, -0.15) is 0 Å². The number of piperidine rings is 1. The predicted octanol–water partition coefficient (Wildman–Crippen LogP) is 2.66. The summed E-state index contributed by atoms with van der Waals surface area (Å²) in [6, 6.07) is 0. The van der Waals surface area contributed by atoms with Crippen molar-refractivity contribution >= 4 is 12.0 Å². The van der Waals surface area contributed by atoms with Gasteiger partial charge >= 0.3 is 6.09 Å². The van der Waals surface area contributed by atoms with Crippen LogP contribution in [-0.2, 0) is 14.3 Å². The van der Waals surface area contributed by atoms with Crippen molar-refractivity contribution in [2.75, 3.05) is 39.4 Å². The molecule has 2 aliphatic heterocycles. The molecule has 6 heteroatoms. The van der Waals surface area contributed by atoms with Crippen LogP contribution >= 0.6 is 0 Å². The van der Waals surface area contributed by atoms with Crippen LogP contribution in [0, 0.1) is 11.3 Å². The third kappa shape index (κ3) is 4.27. The molecule has 142 valence electrons. The van der Waals surface area contributed by atoms with Gasteiger partial charge in [-0.05, 0) is 51.4 Å². The molecule has 0 radical (unpaired) electrons. The molecule has 0 bridgehead atoms. The molecule has 3 fully saturated rings. The van der Waals surface area contributed by atoms with Crippen molar-refractivity contribution in [3.63, 3.8) is 0 Å². The van der Waals surface area contributed by atoms with Crippen LogP contribution in [0.5, 0.6) is 0 Å². The van der Waals surface area contributed by atoms with Gasteiger partial charge in [-0.15, -0.1) is 0 Å². The maximum Gasteiger partial charge on any atom is 0.410 e. The van der Waals surface area contributed by atoms with E-state index >= 15 is 0 Å². The molecule has 1 aliphatic carbocycles. The van der Waals surface area contributed by atoms with Crippen molar-refractivity contribution in [3.05, 3.63) is 0 Å². The van der Waals surface area contributed by atoms with Crippen LogP contribution in [0.4, 0.5) is 4.79 Å². The monoisotopic (exact) mass is 352 g/mol. The van der Waals surface area contributed by atoms with Gasteiger partial charge in [-0.25, -0.2) is 4.79 Å². The SMILES string of the molecule is CC(C)(C)OC(=O)N1CCC(CN2CCOCC2=O)C2(CCCC2)C1. The molecule has 3 rings (SSSR count). The van der Waals surface area contributed by atoms with Crippen molar-refractivity contribution in [2.45, 2.75) is 58.5 Å². The molecule has 1 spiro atoms. The van der Waals surface area contributed by atoms with Crippen LogP contribution < -0.4 is 0 Å². The minimum absolute atomic E-state index is 0.106. The smallest absolute Gasteiger partial charge is 0.410 e. The zero-order valence-electron chi connectivity index (χ0n) is 15.9. The number of nitrogens with zero attached hydrogens (tertiary/aromatic N) is 2. The molecule has 0 aromatic carbocycles. The number of morpholine rings is 1. The van der Waals surface area contributed by atoms with E-state index in [9.17, 15) is 9.59 Å². The Morgan fingerprint density at radius 1 is 1.28 bits per heavy atom. The van der Waals surface area contributed by atoms with E-state index in [4.69, 9.17) is 9.47 Å². The highest BCUT2D eigenvalue weighted by molar-refractivity contribution is 5.78. The summed E-state index contributed by atoms with van der Waals surface area (Å²) in [6.07, 6.45) is 5.49. The first kappa shape index (κ1) is 18.5. The lowest BCUT2D eigenvalue weighted by atomic mass is 9.69. The highest BCUT2D eigenvalue weighted by Crippen LogP contribution is 2.49. The fraction of sp³-hybridized carbons (Fsp3) is 0.895. The van der Waals surface area contributed by atoms with Crippen molar-refractivity contribution in [3.8, 4) is 0 Å². The molecule has 1 unspecified atom stereocenters. The summed E-state index contributed by atoms with van der Waals surface area (Å²) in [5.74, 6) is 0.574. The van der Waals surface area contributed by atoms with Crippen LogP contribution in [-0.4, -0.2) is 66.8 Å². The molecule has 2 heterocycles. The Kier molecular flexibility index (Phi) is 5.28. The molecular weight excluding hydrogens is 320 g/mol. The number of carbonyl (C=O) groups is 2. The minimum atomic E-state index is -0.461. The van der Waals surface area contributed by atoms with Gasteiger partial charge in [0.2, 0.25) is 5.91 Å². The molecule has 3 aliphatic rings. The first-order valence-electron chi connectivity index (χ1n) is 9.63. The number of amides is 2. The van der Waals surface area contributed by atoms with Gasteiger partial charge in [0.15, 0.2) is 0 Å². The van der Waals surface area contributed by atoms with Crippen LogP contribution in [0.15, 0.2) is 0 Å². The van der Waals surface area contributed by atoms with Crippen LogP contribution in [0.1, 0.15) is 52.9 Å². The van der Waals surface area contributed by atoms with Gasteiger partial charge in [0, 0.05) is 26.2 Å². The van der Waals surface area contributed by atoms with E-state index in [1.165, 1.54) is 12.8 Å². The molecule has 2 amide bonds. The molecule has 0 aromatic rings. The van der Waals surface area contributed by atoms with Gasteiger partial charge < -0.3 is 19.3 Å². The summed E-state index contributed by atoms with van der Waals surface area (Å²) in [7, 11) is 0. The largest absolute Gasteiger partial charge is 0.444 e. The normalized spacial score (nSPS) is 27.0. The molecule has 0 aromatic heterocycles. The van der Waals surface area contributed by atoms with E-state index in [1.54, 1.807) is 0 Å². The zero-order chi connectivity index (χ0) is 18.1. The number of hydrogen-bond acceptors (Lipinski definition) is 4. The molecule has 1 atom stereocenters. The standard InChI is InChI=1S/C19H32N2O4/c1-18(2,3)25-17(23)21-9-6-15(19(14-21)7-4-5-8-19)12-20-10-11-24-13-16(20)22/h15H,4-14H2,1-3H3. The van der Waals surface area contributed by atoms with Crippen LogP contribution in [0.3, 0.4) is 0 Å². The van der Waals surface area contributed by atoms with Gasteiger partial charge in [0.25, 0.3) is 0 Å². The lowest BCUT2D eigenvalue weighted by molar-refractivity contribution is -0.145. The number of carbonyl (C=O) groups excluding carboxylic acids is 2. The Bertz CT molecular complexity index is 508. The zero-order valence-corrected chi connectivity index (χ0v) is 15.9. The molecule has 25 heavy (non-hydrogen) atoms. The van der Waals surface area contributed by atoms with Crippen molar-refractivity contribution < 1.29 is 19.1 Å². The van der Waals surface area contributed by atoms with Crippen LogP contribution in [0.2, 0.25) is 0 Å². The minimum Gasteiger partial charge on any atom is -0.444 e. The molecule has 2 saturated heterocycles. The van der Waals surface area contributed by atoms with Crippen molar-refractivity contribution in [1.29, 1.82) is 0 Å². The second-order valence-corrected chi connectivity index (χ2v) is 8.85. The second-order valence-electron chi connectivity index (χ2n) is 8.85. The number of rotatable bonds is 2. The Balaban J connectivity index is 1.67. The maximum atomic E-state index is 12.5. The van der Waals surface area contributed by atoms with E-state index < -0.39 is 5.60 Å². The lowest BCUT2D eigenvalue weighted by Crippen LogP contribution is -2.55. The van der Waals surface area contributed by atoms with Gasteiger partial charge in [-0.3, -0.25) is 4.79 Å². The lowest BCUT2D eigenvalue weighted by Gasteiger charge is -2.48. The second kappa shape index (κ2) is 7.14. The van der Waals surface area contributed by atoms with E-state index in [1.807, 2.05) is 30.6 Å². The van der Waals surface area contributed by atoms with Crippen molar-refractivity contribution in [1.82, 2.24) is 9.80 Å². The van der Waals surface area contributed by atoms with E-state index in [0.29, 0.717) is 19.1 Å². The van der Waals surface area contributed by atoms with Gasteiger partial charge in [0.05, 0.1) is 6.61 Å². The highest BCUT2D eigenvalue weighted by atomic mass is 16.6. The summed E-state index contributed by atoms with van der Waals surface area (Å²) in [5.41, 5.74) is -0.315. The molecule has 6 nitrogen and oxygen atoms in total. The fourth-order valence-corrected chi connectivity index (χ4v) is 4.63. The van der Waals surface area contributed by atoms with Crippen molar-refractivity contribution in [2.24, 2.45) is 11.3 Å². The Morgan fingerprint density at radius 3 is 2.64 bits per heavy atom. The molecule has 0 N–H and O–H groups in total. The molecular formula is C19H32N2O4. The van der Waals surface area contributed by atoms with Gasteiger partial charge in [0.1, 0.15) is 12.2 Å². The first-order chi connectivity index (χ1) is 11.8. The summed E-state index contributed by atoms with van der Waals surface area (Å²) in [5, 5.41) is 0. The summed E-state index contributed by atoms with van der Waals surface area (Å²) < 4.78 is 10.8. The Hall–Kier alpha value is -1.30. The highest BCUT2D eigenvalue weighted by Gasteiger charge is 2.47. The maximum absolute atomic E-state index is 12.5. The summed E-state index contributed by atoms with van der Waals surface area (Å²) >= 11 is 0. The Morgan fingerprint density at radius 2 is 2.00 bits per heavy atom. The number of hydrogen-bond donors (Lipinski definition) is 0. The predicted molar refractivity (Wildman–Crippen MR) is 94.2 cm³/mol. The molecule has 1 saturated carbocycles. The van der Waals surface area contributed by atoms with Gasteiger partial charge in [-0.1, -0.05) is 12.8 Å². The number of ether oxygens (including phenoxy) is 2. The third-order valence-electron chi connectivity index (χ3n) is 5.89. The first-order valence-corrected chi connectivity index (χ1v) is 9.63. The van der Waals surface area contributed by atoms with E-state index in [0.717, 1.165) is 38.9 Å². The average molecular weight is 352 g/mol. The fourth-order valence-electron chi connectivity index (χ4n) is 4.63. The van der Waals surface area contributed by atoms with Crippen LogP contribution in [0.25, 0.3) is 0 Å². The summed E-state index contributed by atoms with van der Waals surface area (Å²) in [4.78, 5) is 28.5. The van der Waals surface area contributed by atoms with E-state index in [2.05, 4.69) is 0 Å². The third-order valence-corrected chi connectivity index (χ3v) is 5.89. The Labute approximate surface area is 150 Å². The average Bonchev–Trinajstić information content (AvgIpc) is 2.99.